The van der Waals surface area contributed by atoms with Gasteiger partial charge < -0.3 is 14.6 Å². The lowest BCUT2D eigenvalue weighted by Gasteiger charge is -2.27. The summed E-state index contributed by atoms with van der Waals surface area (Å²) in [7, 11) is 3.54. The van der Waals surface area contributed by atoms with E-state index in [2.05, 4.69) is 37.8 Å². The number of aliphatic hydroxyl groups excluding tert-OH is 1. The molecule has 0 radical (unpaired) electrons. The van der Waals surface area contributed by atoms with Crippen LogP contribution in [0.3, 0.4) is 0 Å². The molecule has 0 unspecified atom stereocenters. The molecule has 6 heteroatoms. The molecule has 33 heavy (non-hydrogen) atoms. The van der Waals surface area contributed by atoms with Crippen LogP contribution in [0.4, 0.5) is 0 Å². The molecule has 3 rings (SSSR count). The molecule has 0 aliphatic heterocycles. The normalized spacial score (nSPS) is 12.4. The van der Waals surface area contributed by atoms with Gasteiger partial charge in [0.25, 0.3) is 0 Å². The number of aliphatic hydroxyl groups is 1. The van der Waals surface area contributed by atoms with Crippen molar-refractivity contribution in [1.82, 2.24) is 14.7 Å². The molecular weight excluding hydrogens is 414 g/mol. The summed E-state index contributed by atoms with van der Waals surface area (Å²) in [6.07, 6.45) is 1.39. The lowest BCUT2D eigenvalue weighted by molar-refractivity contribution is 0.0940. The van der Waals surface area contributed by atoms with Gasteiger partial charge in [-0.15, -0.1) is 0 Å². The Morgan fingerprint density at radius 2 is 1.67 bits per heavy atom. The van der Waals surface area contributed by atoms with Crippen molar-refractivity contribution in [3.05, 3.63) is 60.2 Å². The van der Waals surface area contributed by atoms with Crippen molar-refractivity contribution in [2.75, 3.05) is 20.2 Å². The maximum Gasteiger partial charge on any atom is 0.222 e. The highest BCUT2D eigenvalue weighted by Gasteiger charge is 2.24. The number of ether oxygens (including phenoxy) is 2. The molecule has 0 saturated heterocycles. The van der Waals surface area contributed by atoms with Crippen molar-refractivity contribution in [2.24, 2.45) is 13.0 Å². The number of rotatable bonds is 12. The van der Waals surface area contributed by atoms with E-state index in [4.69, 9.17) is 14.6 Å². The Hall–Kier alpha value is -2.83. The Balaban J connectivity index is 2.03. The Kier molecular flexibility index (Phi) is 8.92. The lowest BCUT2D eigenvalue weighted by atomic mass is 10.1. The monoisotopic (exact) mass is 451 g/mol. The van der Waals surface area contributed by atoms with Crippen molar-refractivity contribution in [3.8, 4) is 28.6 Å². The summed E-state index contributed by atoms with van der Waals surface area (Å²) >= 11 is 0. The predicted octanol–water partition coefficient (Wildman–Crippen LogP) is 5.51. The molecule has 2 aromatic carbocycles. The van der Waals surface area contributed by atoms with Crippen LogP contribution in [0.5, 0.6) is 17.4 Å². The summed E-state index contributed by atoms with van der Waals surface area (Å²) in [6, 6.07) is 17.8. The fourth-order valence-electron chi connectivity index (χ4n) is 4.12. The van der Waals surface area contributed by atoms with Crippen LogP contribution in [0.2, 0.25) is 0 Å². The van der Waals surface area contributed by atoms with Gasteiger partial charge in [-0.3, -0.25) is 4.90 Å². The second-order valence-electron chi connectivity index (χ2n) is 8.91. The molecular formula is C27H37N3O3. The van der Waals surface area contributed by atoms with Gasteiger partial charge in [0.05, 0.1) is 18.8 Å². The van der Waals surface area contributed by atoms with E-state index in [9.17, 15) is 5.11 Å². The Bertz CT molecular complexity index is 1000. The van der Waals surface area contributed by atoms with E-state index in [1.54, 1.807) is 11.8 Å². The zero-order valence-electron chi connectivity index (χ0n) is 20.5. The first-order chi connectivity index (χ1) is 15.9. The van der Waals surface area contributed by atoms with Crippen molar-refractivity contribution in [1.29, 1.82) is 0 Å². The van der Waals surface area contributed by atoms with Gasteiger partial charge in [0.1, 0.15) is 5.69 Å². The lowest BCUT2D eigenvalue weighted by Crippen LogP contribution is -2.34. The van der Waals surface area contributed by atoms with E-state index >= 15 is 0 Å². The molecule has 1 atom stereocenters. The van der Waals surface area contributed by atoms with Crippen LogP contribution in [0, 0.1) is 5.92 Å². The Morgan fingerprint density at radius 1 is 1.00 bits per heavy atom. The van der Waals surface area contributed by atoms with Crippen molar-refractivity contribution >= 4 is 0 Å². The number of hydrogen-bond acceptors (Lipinski definition) is 5. The summed E-state index contributed by atoms with van der Waals surface area (Å²) in [5.41, 5.74) is 2.93. The van der Waals surface area contributed by atoms with E-state index in [1.807, 2.05) is 49.5 Å². The molecule has 178 valence electrons. The topological polar surface area (TPSA) is 59.8 Å². The summed E-state index contributed by atoms with van der Waals surface area (Å²) < 4.78 is 13.7. The van der Waals surface area contributed by atoms with Crippen LogP contribution in [0.15, 0.2) is 54.6 Å². The molecule has 0 bridgehead atoms. The van der Waals surface area contributed by atoms with Gasteiger partial charge >= 0.3 is 0 Å². The third kappa shape index (κ3) is 6.59. The maximum absolute atomic E-state index is 10.6. The van der Waals surface area contributed by atoms with Crippen LogP contribution in [-0.2, 0) is 13.6 Å². The number of benzene rings is 2. The van der Waals surface area contributed by atoms with Crippen LogP contribution in [0.1, 0.15) is 39.2 Å². The molecule has 0 fully saturated rings. The largest absolute Gasteiger partial charge is 0.493 e. The molecule has 3 aromatic rings. The van der Waals surface area contributed by atoms with E-state index < -0.39 is 0 Å². The smallest absolute Gasteiger partial charge is 0.222 e. The van der Waals surface area contributed by atoms with Crippen molar-refractivity contribution in [3.63, 3.8) is 0 Å². The Morgan fingerprint density at radius 3 is 2.30 bits per heavy atom. The predicted molar refractivity (Wildman–Crippen MR) is 133 cm³/mol. The third-order valence-corrected chi connectivity index (χ3v) is 5.51. The fraction of sp³-hybridized carbons (Fsp3) is 0.444. The quantitative estimate of drug-likeness (QED) is 0.394. The van der Waals surface area contributed by atoms with Gasteiger partial charge in [-0.05, 0) is 24.5 Å². The number of methoxy groups -OCH3 is 1. The van der Waals surface area contributed by atoms with Gasteiger partial charge in [-0.2, -0.15) is 5.10 Å². The zero-order chi connectivity index (χ0) is 23.8. The summed E-state index contributed by atoms with van der Waals surface area (Å²) in [4.78, 5) is 2.31. The molecule has 6 nitrogen and oxygen atoms in total. The first-order valence-corrected chi connectivity index (χ1v) is 11.8. The molecule has 1 N–H and O–H groups in total. The SMILES string of the molecule is CCC[C@H](O)CN(Cc1c(-c2ccccc2)nn(C)c1Oc1ccccc1OC)CC(C)C. The highest BCUT2D eigenvalue weighted by molar-refractivity contribution is 5.66. The number of aromatic nitrogens is 2. The molecule has 1 heterocycles. The number of nitrogens with zero attached hydrogens (tertiary/aromatic N) is 3. The standard InChI is InChI=1S/C27H37N3O3/c1-6-12-22(31)18-30(17-20(2)3)19-23-26(21-13-8-7-9-14-21)28-29(4)27(23)33-25-16-11-10-15-24(25)32-5/h7-11,13-16,20,22,31H,6,12,17-19H2,1-5H3/t22-/m0/s1. The van der Waals surface area contributed by atoms with Crippen LogP contribution < -0.4 is 9.47 Å². The van der Waals surface area contributed by atoms with Gasteiger partial charge in [0.15, 0.2) is 11.5 Å². The summed E-state index contributed by atoms with van der Waals surface area (Å²) in [5, 5.41) is 15.4. The highest BCUT2D eigenvalue weighted by atomic mass is 16.5. The fourth-order valence-corrected chi connectivity index (χ4v) is 4.12. The minimum atomic E-state index is -0.357. The van der Waals surface area contributed by atoms with Crippen LogP contribution in [-0.4, -0.2) is 46.1 Å². The van der Waals surface area contributed by atoms with E-state index in [0.717, 1.165) is 36.2 Å². The Labute approximate surface area is 197 Å². The minimum absolute atomic E-state index is 0.357. The number of aryl methyl sites for hydroxylation is 1. The zero-order valence-corrected chi connectivity index (χ0v) is 20.5. The van der Waals surface area contributed by atoms with E-state index in [-0.39, 0.29) is 6.10 Å². The second-order valence-corrected chi connectivity index (χ2v) is 8.91. The molecule has 0 amide bonds. The molecule has 0 aliphatic carbocycles. The van der Waals surface area contributed by atoms with Gasteiger partial charge in [0, 0.05) is 32.2 Å². The number of para-hydroxylation sites is 2. The molecule has 0 saturated carbocycles. The highest BCUT2D eigenvalue weighted by Crippen LogP contribution is 2.37. The minimum Gasteiger partial charge on any atom is -0.493 e. The van der Waals surface area contributed by atoms with Crippen molar-refractivity contribution in [2.45, 2.75) is 46.3 Å². The summed E-state index contributed by atoms with van der Waals surface area (Å²) in [6.45, 7) is 8.62. The van der Waals surface area contributed by atoms with Gasteiger partial charge in [0.2, 0.25) is 5.88 Å². The van der Waals surface area contributed by atoms with Crippen LogP contribution >= 0.6 is 0 Å². The molecule has 0 aliphatic rings. The first kappa shape index (κ1) is 24.8. The van der Waals surface area contributed by atoms with E-state index in [1.165, 1.54) is 0 Å². The van der Waals surface area contributed by atoms with Gasteiger partial charge in [-0.25, -0.2) is 4.68 Å². The number of hydrogen-bond donors (Lipinski definition) is 1. The average molecular weight is 452 g/mol. The second kappa shape index (κ2) is 11.9. The van der Waals surface area contributed by atoms with Crippen LogP contribution in [0.25, 0.3) is 11.3 Å². The molecule has 1 aromatic heterocycles. The maximum atomic E-state index is 10.6. The van der Waals surface area contributed by atoms with Crippen molar-refractivity contribution < 1.29 is 14.6 Å². The summed E-state index contributed by atoms with van der Waals surface area (Å²) in [5.74, 6) is 2.46. The van der Waals surface area contributed by atoms with E-state index in [0.29, 0.717) is 36.4 Å². The van der Waals surface area contributed by atoms with Gasteiger partial charge in [-0.1, -0.05) is 69.7 Å². The first-order valence-electron chi connectivity index (χ1n) is 11.8. The third-order valence-electron chi connectivity index (χ3n) is 5.51. The molecule has 0 spiro atoms. The average Bonchev–Trinajstić information content (AvgIpc) is 3.09.